The molecule has 1 heterocycles. The number of aliphatic hydroxyl groups is 2. The number of rotatable bonds is 6. The predicted molar refractivity (Wildman–Crippen MR) is 152 cm³/mol. The molecule has 1 fully saturated rings. The van der Waals surface area contributed by atoms with Gasteiger partial charge in [-0.25, -0.2) is 0 Å². The molecule has 0 radical (unpaired) electrons. The van der Waals surface area contributed by atoms with Gasteiger partial charge in [0.15, 0.2) is 17.9 Å². The predicted octanol–water partition coefficient (Wildman–Crippen LogP) is 2.49. The number of aromatic hydroxyl groups is 2. The number of hydrogen-bond acceptors (Lipinski definition) is 11. The maximum absolute atomic E-state index is 13.7. The number of ketones is 3. The third kappa shape index (κ3) is 5.08. The maximum atomic E-state index is 13.7. The first-order chi connectivity index (χ1) is 19.3. The van der Waals surface area contributed by atoms with Crippen molar-refractivity contribution >= 4 is 29.8 Å². The van der Waals surface area contributed by atoms with Crippen molar-refractivity contribution in [1.29, 1.82) is 0 Å². The average molecular weight is 606 g/mol. The van der Waals surface area contributed by atoms with Gasteiger partial charge in [-0.3, -0.25) is 14.4 Å². The minimum atomic E-state index is -1.99. The van der Waals surface area contributed by atoms with E-state index >= 15 is 0 Å². The van der Waals surface area contributed by atoms with Crippen molar-refractivity contribution in [3.8, 4) is 17.2 Å². The fraction of sp³-hybridized carbons (Fsp3) is 0.500. The zero-order valence-corrected chi connectivity index (χ0v) is 24.8. The number of carbonyl (C=O) groups is 3. The summed E-state index contributed by atoms with van der Waals surface area (Å²) in [6.45, 7) is 6.75. The number of Topliss-reactive ketones (excluding diaryl/α,β-unsaturated/α-hetero) is 1. The van der Waals surface area contributed by atoms with Crippen molar-refractivity contribution in [3.63, 3.8) is 0 Å². The summed E-state index contributed by atoms with van der Waals surface area (Å²) in [6.07, 6.45) is -4.11. The van der Waals surface area contributed by atoms with Crippen LogP contribution in [0.25, 0.3) is 0 Å². The molecule has 2 aliphatic carbocycles. The van der Waals surface area contributed by atoms with E-state index < -0.39 is 82.6 Å². The number of methoxy groups -OCH3 is 1. The highest BCUT2D eigenvalue weighted by atomic mass is 35.5. The molecule has 0 amide bonds. The van der Waals surface area contributed by atoms with Crippen LogP contribution in [0, 0.1) is 0 Å². The van der Waals surface area contributed by atoms with Gasteiger partial charge >= 0.3 is 0 Å². The van der Waals surface area contributed by atoms with E-state index in [2.05, 4.69) is 5.32 Å². The summed E-state index contributed by atoms with van der Waals surface area (Å²) >= 11 is 0. The van der Waals surface area contributed by atoms with Gasteiger partial charge in [-0.15, -0.1) is 12.4 Å². The van der Waals surface area contributed by atoms with Gasteiger partial charge in [-0.1, -0.05) is 26.0 Å². The summed E-state index contributed by atoms with van der Waals surface area (Å²) in [5, 5.41) is 48.3. The first kappa shape index (κ1) is 31.9. The topological polar surface area (TPSA) is 172 Å². The highest BCUT2D eigenvalue weighted by molar-refractivity contribution is 6.31. The highest BCUT2D eigenvalue weighted by Gasteiger charge is 2.49. The van der Waals surface area contributed by atoms with Gasteiger partial charge in [0.1, 0.15) is 22.8 Å². The monoisotopic (exact) mass is 605 g/mol. The van der Waals surface area contributed by atoms with Crippen LogP contribution in [0.15, 0.2) is 18.2 Å². The van der Waals surface area contributed by atoms with Crippen LogP contribution in [0.5, 0.6) is 17.2 Å². The van der Waals surface area contributed by atoms with E-state index in [0.717, 1.165) is 0 Å². The summed E-state index contributed by atoms with van der Waals surface area (Å²) in [7, 11) is 1.35. The number of phenols is 2. The second-order valence-corrected chi connectivity index (χ2v) is 11.4. The maximum Gasteiger partial charge on any atom is 0.202 e. The van der Waals surface area contributed by atoms with E-state index in [1.54, 1.807) is 6.92 Å². The quantitative estimate of drug-likeness (QED) is 0.261. The molecule has 2 aromatic carbocycles. The van der Waals surface area contributed by atoms with E-state index in [9.17, 15) is 34.8 Å². The Morgan fingerprint density at radius 3 is 2.40 bits per heavy atom. The van der Waals surface area contributed by atoms with Crippen molar-refractivity contribution in [2.24, 2.45) is 0 Å². The van der Waals surface area contributed by atoms with Crippen molar-refractivity contribution in [2.45, 2.75) is 89.2 Å². The summed E-state index contributed by atoms with van der Waals surface area (Å²) in [4.78, 5) is 39.9. The molecule has 11 nitrogen and oxygen atoms in total. The molecule has 1 saturated heterocycles. The molecule has 5 N–H and O–H groups in total. The summed E-state index contributed by atoms with van der Waals surface area (Å²) in [6, 6.07) is 4.13. The Morgan fingerprint density at radius 2 is 1.79 bits per heavy atom. The molecular weight excluding hydrogens is 570 g/mol. The third-order valence-electron chi connectivity index (χ3n) is 8.30. The molecule has 0 spiro atoms. The van der Waals surface area contributed by atoms with Crippen molar-refractivity contribution in [3.05, 3.63) is 51.6 Å². The van der Waals surface area contributed by atoms with Crippen LogP contribution in [-0.2, 0) is 20.7 Å². The molecule has 3 aliphatic rings. The van der Waals surface area contributed by atoms with Gasteiger partial charge in [0.2, 0.25) is 5.78 Å². The van der Waals surface area contributed by atoms with Crippen molar-refractivity contribution in [2.75, 3.05) is 7.11 Å². The Bertz CT molecular complexity index is 1440. The van der Waals surface area contributed by atoms with Crippen LogP contribution < -0.4 is 10.1 Å². The number of nitrogens with one attached hydrogen (secondary N) is 1. The van der Waals surface area contributed by atoms with E-state index in [4.69, 9.17) is 14.2 Å². The van der Waals surface area contributed by atoms with Crippen LogP contribution in [0.4, 0.5) is 0 Å². The smallest absolute Gasteiger partial charge is 0.202 e. The van der Waals surface area contributed by atoms with Crippen molar-refractivity contribution < 1.29 is 49.0 Å². The molecule has 12 heteroatoms. The number of ether oxygens (including phenoxy) is 3. The number of hydrogen-bond donors (Lipinski definition) is 5. The Kier molecular flexibility index (Phi) is 8.77. The Labute approximate surface area is 249 Å². The summed E-state index contributed by atoms with van der Waals surface area (Å²) in [5.41, 5.74) is -2.94. The van der Waals surface area contributed by atoms with Gasteiger partial charge in [-0.05, 0) is 19.9 Å². The SMILES string of the molecule is COc1cccc2c1C(=O)c1c(O)c3c(c(O)c1C2=O)C[C@@](O)(C(C)=O)C[C@@H]3OC1CC(NC(C)C)C(O)C(C)O1.Cl. The van der Waals surface area contributed by atoms with Crippen LogP contribution in [-0.4, -0.2) is 81.1 Å². The fourth-order valence-electron chi connectivity index (χ4n) is 6.22. The van der Waals surface area contributed by atoms with Gasteiger partial charge in [-0.2, -0.15) is 0 Å². The number of phenolic OH excluding ortho intramolecular Hbond substituents is 2. The Hall–Kier alpha value is -3.06. The van der Waals surface area contributed by atoms with E-state index in [0.29, 0.717) is 0 Å². The first-order valence-electron chi connectivity index (χ1n) is 13.6. The van der Waals surface area contributed by atoms with Crippen LogP contribution in [0.3, 0.4) is 0 Å². The first-order valence-corrected chi connectivity index (χ1v) is 13.6. The van der Waals surface area contributed by atoms with E-state index in [-0.39, 0.29) is 59.3 Å². The third-order valence-corrected chi connectivity index (χ3v) is 8.30. The zero-order valence-electron chi connectivity index (χ0n) is 24.0. The molecule has 6 atom stereocenters. The van der Waals surface area contributed by atoms with Gasteiger partial charge in [0, 0.05) is 48.0 Å². The fourth-order valence-corrected chi connectivity index (χ4v) is 6.22. The van der Waals surface area contributed by atoms with Crippen LogP contribution in [0.1, 0.15) is 89.6 Å². The lowest BCUT2D eigenvalue weighted by Gasteiger charge is -2.43. The van der Waals surface area contributed by atoms with Gasteiger partial charge < -0.3 is 40.0 Å². The second kappa shape index (κ2) is 11.6. The molecule has 42 heavy (non-hydrogen) atoms. The zero-order chi connectivity index (χ0) is 30.0. The average Bonchev–Trinajstić information content (AvgIpc) is 2.91. The molecule has 1 aliphatic heterocycles. The van der Waals surface area contributed by atoms with Crippen LogP contribution >= 0.6 is 12.4 Å². The highest BCUT2D eigenvalue weighted by Crippen LogP contribution is 2.52. The largest absolute Gasteiger partial charge is 0.507 e. The summed E-state index contributed by atoms with van der Waals surface area (Å²) in [5.74, 6) is -3.09. The minimum Gasteiger partial charge on any atom is -0.507 e. The van der Waals surface area contributed by atoms with Gasteiger partial charge in [0.25, 0.3) is 0 Å². The molecule has 5 rings (SSSR count). The lowest BCUT2D eigenvalue weighted by Crippen LogP contribution is -2.55. The Balaban J connectivity index is 0.00000405. The molecule has 228 valence electrons. The second-order valence-electron chi connectivity index (χ2n) is 11.4. The lowest BCUT2D eigenvalue weighted by atomic mass is 9.72. The molecule has 0 bridgehead atoms. The minimum absolute atomic E-state index is 0. The lowest BCUT2D eigenvalue weighted by molar-refractivity contribution is -0.250. The molecule has 0 aromatic heterocycles. The van der Waals surface area contributed by atoms with E-state index in [1.165, 1.54) is 32.2 Å². The summed E-state index contributed by atoms with van der Waals surface area (Å²) < 4.78 is 17.5. The molecular formula is C30H36ClNO10. The normalized spacial score (nSPS) is 28.4. The number of aliphatic hydroxyl groups excluding tert-OH is 1. The number of halogens is 1. The molecule has 4 unspecified atom stereocenters. The molecule has 0 saturated carbocycles. The van der Waals surface area contributed by atoms with Crippen LogP contribution in [0.2, 0.25) is 0 Å². The molecule has 2 aromatic rings. The Morgan fingerprint density at radius 1 is 1.12 bits per heavy atom. The van der Waals surface area contributed by atoms with Gasteiger partial charge in [0.05, 0.1) is 42.1 Å². The standard InChI is InChI=1S/C30H35NO10.ClH/c1-12(2)31-17-9-20(40-13(3)25(17)33)41-19-11-30(38,14(4)32)10-16-22(19)29(37)24-23(27(16)35)26(34)15-7-6-8-18(39-5)21(15)28(24)36;/h6-8,12-13,17,19-20,25,31,33,35,37-38H,9-11H2,1-5H3;1H/t13?,17?,19-,20?,25?,30-;/m0./s1. The van der Waals surface area contributed by atoms with Crippen molar-refractivity contribution in [1.82, 2.24) is 5.32 Å². The van der Waals surface area contributed by atoms with E-state index in [1.807, 2.05) is 13.8 Å². The number of carbonyl (C=O) groups excluding carboxylic acids is 3. The number of fused-ring (bicyclic) bond motifs is 3. The number of benzene rings is 2.